The van der Waals surface area contributed by atoms with Crippen LogP contribution in [-0.2, 0) is 53.5 Å². The first kappa shape index (κ1) is 54.0. The van der Waals surface area contributed by atoms with E-state index in [0.29, 0.717) is 79.6 Å². The van der Waals surface area contributed by atoms with E-state index in [-0.39, 0.29) is 90.4 Å². The zero-order valence-electron chi connectivity index (χ0n) is 43.8. The van der Waals surface area contributed by atoms with Crippen molar-refractivity contribution in [2.45, 2.75) is 110 Å². The Hall–Kier alpha value is -6.39. The van der Waals surface area contributed by atoms with Crippen molar-refractivity contribution < 1.29 is 51.5 Å². The molecule has 2 atom stereocenters. The summed E-state index contributed by atoms with van der Waals surface area (Å²) in [6.45, 7) is 9.27. The van der Waals surface area contributed by atoms with Gasteiger partial charge in [-0.25, -0.2) is 14.8 Å². The van der Waals surface area contributed by atoms with Gasteiger partial charge in [-0.1, -0.05) is 55.9 Å². The molecule has 3 aromatic heterocycles. The van der Waals surface area contributed by atoms with Crippen LogP contribution in [0.3, 0.4) is 0 Å². The molecule has 0 spiro atoms. The number of hydrogen-bond acceptors (Lipinski definition) is 14. The molecule has 4 amide bonds. The van der Waals surface area contributed by atoms with Gasteiger partial charge in [0, 0.05) is 80.2 Å². The van der Waals surface area contributed by atoms with Crippen molar-refractivity contribution >= 4 is 72.2 Å². The molecule has 0 saturated heterocycles. The number of thiazole rings is 1. The molecule has 3 N–H and O–H groups in total. The maximum Gasteiger partial charge on any atom is 0.355 e. The van der Waals surface area contributed by atoms with Gasteiger partial charge in [-0.2, -0.15) is 13.5 Å². The lowest BCUT2D eigenvalue weighted by Crippen LogP contribution is -2.64. The van der Waals surface area contributed by atoms with Gasteiger partial charge in [-0.05, 0) is 122 Å². The van der Waals surface area contributed by atoms with Crippen LogP contribution >= 0.6 is 11.3 Å². The van der Waals surface area contributed by atoms with E-state index in [4.69, 9.17) is 19.6 Å². The highest BCUT2D eigenvalue weighted by Crippen LogP contribution is 2.72. The Morgan fingerprint density at radius 1 is 0.857 bits per heavy atom. The van der Waals surface area contributed by atoms with Gasteiger partial charge in [0.1, 0.15) is 5.82 Å². The molecule has 4 saturated carbocycles. The Balaban J connectivity index is 0.763. The highest BCUT2D eigenvalue weighted by molar-refractivity contribution is 7.85. The summed E-state index contributed by atoms with van der Waals surface area (Å²) in [4.78, 5) is 77.5. The maximum absolute atomic E-state index is 13.7. The third-order valence-electron chi connectivity index (χ3n) is 16.3. The predicted molar refractivity (Wildman–Crippen MR) is 289 cm³/mol. The van der Waals surface area contributed by atoms with Crippen LogP contribution in [0.4, 0.5) is 10.9 Å². The second-order valence-electron chi connectivity index (χ2n) is 22.7. The Morgan fingerprint density at radius 3 is 2.36 bits per heavy atom. The Bertz CT molecular complexity index is 3210. The van der Waals surface area contributed by atoms with E-state index in [2.05, 4.69) is 24.1 Å². The number of carboxylic acid groups (broad SMARTS) is 1. The first-order chi connectivity index (χ1) is 36.7. The lowest BCUT2D eigenvalue weighted by molar-refractivity contribution is -0.250. The molecule has 4 fully saturated rings. The van der Waals surface area contributed by atoms with Gasteiger partial charge in [-0.3, -0.25) is 38.6 Å². The highest BCUT2D eigenvalue weighted by Gasteiger charge is 2.66. The van der Waals surface area contributed by atoms with Gasteiger partial charge in [0.15, 0.2) is 10.8 Å². The van der Waals surface area contributed by atoms with Gasteiger partial charge in [0.25, 0.3) is 27.8 Å². The predicted octanol–water partition coefficient (Wildman–Crippen LogP) is 7.73. The van der Waals surface area contributed by atoms with Crippen LogP contribution < -0.4 is 10.2 Å². The van der Waals surface area contributed by atoms with Gasteiger partial charge in [-0.15, -0.1) is 0 Å². The molecule has 5 aromatic rings. The number of anilines is 2. The molecule has 5 heterocycles. The smallest absolute Gasteiger partial charge is 0.355 e. The number of aromatic nitrogens is 4. The number of nitrogens with zero attached hydrogens (tertiary/aromatic N) is 7. The lowest BCUT2D eigenvalue weighted by atomic mass is 9.39. The maximum atomic E-state index is 13.7. The summed E-state index contributed by atoms with van der Waals surface area (Å²) in [6.07, 6.45) is 12.4. The Kier molecular flexibility index (Phi) is 15.0. The Labute approximate surface area is 451 Å². The second kappa shape index (κ2) is 21.4. The molecule has 4 aliphatic carbocycles. The summed E-state index contributed by atoms with van der Waals surface area (Å²) < 4.78 is 48.6. The van der Waals surface area contributed by atoms with Crippen molar-refractivity contribution in [3.63, 3.8) is 0 Å². The quantitative estimate of drug-likeness (QED) is 0.0322. The highest BCUT2D eigenvalue weighted by atomic mass is 32.2. The minimum Gasteiger partial charge on any atom is -0.476 e. The normalized spacial score (nSPS) is 23.5. The van der Waals surface area contributed by atoms with Crippen molar-refractivity contribution in [3.8, 4) is 11.1 Å². The first-order valence-electron chi connectivity index (χ1n) is 26.5. The molecule has 408 valence electrons. The molecule has 21 heteroatoms. The summed E-state index contributed by atoms with van der Waals surface area (Å²) in [7, 11) is -4.31. The van der Waals surface area contributed by atoms with Crippen LogP contribution in [-0.4, -0.2) is 135 Å². The molecule has 19 nitrogen and oxygen atoms in total. The summed E-state index contributed by atoms with van der Waals surface area (Å²) in [5.41, 5.74) is 4.79. The van der Waals surface area contributed by atoms with Gasteiger partial charge < -0.3 is 24.4 Å². The van der Waals surface area contributed by atoms with Crippen LogP contribution in [0.15, 0.2) is 72.9 Å². The summed E-state index contributed by atoms with van der Waals surface area (Å²) in [6, 6.07) is 17.1. The molecule has 4 bridgehead atoms. The van der Waals surface area contributed by atoms with Crippen LogP contribution in [0.1, 0.15) is 116 Å². The number of pyridine rings is 1. The molecule has 2 aliphatic heterocycles. The fourth-order valence-corrected chi connectivity index (χ4v) is 15.4. The zero-order valence-corrected chi connectivity index (χ0v) is 45.4. The monoisotopic (exact) mass is 1090 g/mol. The number of carboxylic acids is 1. The number of para-hydroxylation sites is 1. The van der Waals surface area contributed by atoms with E-state index in [1.165, 1.54) is 28.4 Å². The van der Waals surface area contributed by atoms with E-state index >= 15 is 0 Å². The van der Waals surface area contributed by atoms with Crippen LogP contribution in [0.2, 0.25) is 0 Å². The molecule has 11 rings (SSSR count). The average Bonchev–Trinajstić information content (AvgIpc) is 4.05. The number of fused-ring (bicyclic) bond motifs is 2. The Morgan fingerprint density at radius 2 is 1.62 bits per heavy atom. The van der Waals surface area contributed by atoms with Crippen molar-refractivity contribution in [3.05, 3.63) is 101 Å². The second-order valence-corrected chi connectivity index (χ2v) is 25.3. The standard InChI is InChI=1S/C56H66N8O11S2/c1-37-41(39-15-16-45(59-49(39)51(69)70)62-21-19-38-10-9-11-40(42(38)29-62)50(68)60-52-58-43-12-6-7-13-44(43)76-52)28-57-64(37)36-55-31-53(2)30-54(3,32-55)34-56(33-53,35-55)75-26-25-74-24-22-61(23-27-77(71,72)73)46(65)14-5-4-8-20-63-47(66)17-18-48(63)67/h6-7,9-13,15-18,28H,4-5,8,14,19-27,29-36H2,1-3H3,(H,69,70)(H,58,60,68)(H,71,72,73). The third kappa shape index (κ3) is 11.9. The van der Waals surface area contributed by atoms with Crippen LogP contribution in [0.25, 0.3) is 21.3 Å². The van der Waals surface area contributed by atoms with Gasteiger partial charge in [0.05, 0.1) is 47.6 Å². The average molecular weight is 1090 g/mol. The minimum absolute atomic E-state index is 0.0363. The third-order valence-corrected chi connectivity index (χ3v) is 17.9. The zero-order chi connectivity index (χ0) is 54.3. The largest absolute Gasteiger partial charge is 0.476 e. The molecule has 6 aliphatic rings. The SMILES string of the molecule is Cc1c(-c2ccc(N3CCc4cccc(C(=O)Nc5nc6ccccc6s5)c4C3)nc2C(=O)O)cnn1CC12CC3(C)CC(C)(C1)CC(OCCOCCN(CCS(=O)(=O)O)C(=O)CCCCCN1C(=O)C=CC1=O)(C3)C2. The van der Waals surface area contributed by atoms with E-state index in [9.17, 15) is 42.0 Å². The summed E-state index contributed by atoms with van der Waals surface area (Å²) in [5.74, 6) is -2.47. The van der Waals surface area contributed by atoms with Gasteiger partial charge in [0.2, 0.25) is 5.91 Å². The molecule has 77 heavy (non-hydrogen) atoms. The number of hydrogen-bond donors (Lipinski definition) is 3. The summed E-state index contributed by atoms with van der Waals surface area (Å²) in [5, 5.41) is 19.1. The summed E-state index contributed by atoms with van der Waals surface area (Å²) >= 11 is 1.42. The van der Waals surface area contributed by atoms with Gasteiger partial charge >= 0.3 is 5.97 Å². The van der Waals surface area contributed by atoms with E-state index < -0.39 is 21.8 Å². The van der Waals surface area contributed by atoms with Crippen molar-refractivity contribution in [1.29, 1.82) is 0 Å². The van der Waals surface area contributed by atoms with Crippen LogP contribution in [0.5, 0.6) is 0 Å². The number of nitrogens with one attached hydrogen (secondary N) is 1. The van der Waals surface area contributed by atoms with Crippen molar-refractivity contribution in [2.24, 2.45) is 16.2 Å². The van der Waals surface area contributed by atoms with E-state index in [1.807, 2.05) is 71.1 Å². The number of ether oxygens (including phenoxy) is 2. The number of amides is 4. The number of carbonyl (C=O) groups is 5. The van der Waals surface area contributed by atoms with E-state index in [0.717, 1.165) is 70.5 Å². The lowest BCUT2D eigenvalue weighted by Gasteiger charge is -2.69. The molecule has 2 unspecified atom stereocenters. The fraction of sp³-hybridized carbons (Fsp3) is 0.500. The number of imide groups is 1. The molecule has 2 aromatic carbocycles. The van der Waals surface area contributed by atoms with Crippen molar-refractivity contribution in [1.82, 2.24) is 29.5 Å². The minimum atomic E-state index is -4.31. The topological polar surface area (TPSA) is 244 Å². The number of carbonyl (C=O) groups excluding carboxylic acids is 4. The number of benzene rings is 2. The number of unbranched alkanes of at least 4 members (excludes halogenated alkanes) is 2. The number of rotatable bonds is 23. The van der Waals surface area contributed by atoms with Crippen LogP contribution in [0, 0.1) is 23.2 Å². The first-order valence-corrected chi connectivity index (χ1v) is 28.9. The fourth-order valence-electron chi connectivity index (χ4n) is 14.1. The van der Waals surface area contributed by atoms with Crippen molar-refractivity contribution in [2.75, 3.05) is 62.0 Å². The molecular formula is C56H66N8O11S2. The molecular weight excluding hydrogens is 1020 g/mol. The molecule has 0 radical (unpaired) electrons. The van der Waals surface area contributed by atoms with E-state index in [1.54, 1.807) is 6.20 Å². The number of aromatic carboxylic acids is 1.